The first-order valence-electron chi connectivity index (χ1n) is 22.7. The molecule has 0 radical (unpaired) electrons. The van der Waals surface area contributed by atoms with Gasteiger partial charge in [0.2, 0.25) is 0 Å². The molecule has 4 aliphatic carbocycles. The third-order valence-electron chi connectivity index (χ3n) is 16.8. The molecule has 8 rings (SSSR count). The molecule has 0 aromatic carbocycles. The number of hydrogen-bond acceptors (Lipinski definition) is 19. The summed E-state index contributed by atoms with van der Waals surface area (Å²) >= 11 is 0. The standard InChI is InChI=1S/C44H68O19/c1-19-36(63-40-35(53)33(51)31(49)28(62-40)18-57-39-34(52)32(50)30(48)27(16-45)61-39)37(55-5)38(59-20(2)46)41(58-19)60-23-8-11-42(3)22(15-23)6-7-26-25(42)9-12-43(4)24(10-13-44(26,43)54)21-14-29(47)56-17-21/h14,19,22-28,30-41,45,48-54H,6-13,15-18H2,1-5H3/t19-,22+,23-,24+,25+,26-,27-,28-,30+,31+,32-,33-,34-,35-,36-,37-,38-,39+,40-,41+,42-,43+,44-/m0/s1. The van der Waals surface area contributed by atoms with Crippen molar-refractivity contribution in [1.29, 1.82) is 0 Å². The van der Waals surface area contributed by atoms with Gasteiger partial charge in [0.25, 0.3) is 0 Å². The Morgan fingerprint density at radius 2 is 1.48 bits per heavy atom. The number of carbonyl (C=O) groups is 2. The Morgan fingerprint density at radius 3 is 2.14 bits per heavy atom. The van der Waals surface area contributed by atoms with Gasteiger partial charge in [-0.3, -0.25) is 4.79 Å². The minimum Gasteiger partial charge on any atom is -0.458 e. The second-order valence-electron chi connectivity index (χ2n) is 20.0. The zero-order chi connectivity index (χ0) is 45.3. The van der Waals surface area contributed by atoms with Crippen molar-refractivity contribution >= 4 is 11.9 Å². The van der Waals surface area contributed by atoms with E-state index in [4.69, 9.17) is 42.6 Å². The first-order valence-corrected chi connectivity index (χ1v) is 22.7. The molecule has 4 saturated carbocycles. The van der Waals surface area contributed by atoms with Gasteiger partial charge in [-0.1, -0.05) is 13.8 Å². The van der Waals surface area contributed by atoms with E-state index in [1.165, 1.54) is 14.0 Å². The lowest BCUT2D eigenvalue weighted by Crippen LogP contribution is -2.65. The maximum Gasteiger partial charge on any atom is 0.331 e. The number of methoxy groups -OCH3 is 1. The molecule has 63 heavy (non-hydrogen) atoms. The van der Waals surface area contributed by atoms with E-state index in [1.54, 1.807) is 13.0 Å². The van der Waals surface area contributed by atoms with Gasteiger partial charge in [0.05, 0.1) is 31.0 Å². The van der Waals surface area contributed by atoms with Crippen molar-refractivity contribution in [2.75, 3.05) is 26.9 Å². The summed E-state index contributed by atoms with van der Waals surface area (Å²) in [5, 5.41) is 85.6. The summed E-state index contributed by atoms with van der Waals surface area (Å²) < 4.78 is 53.2. The third-order valence-corrected chi connectivity index (χ3v) is 16.8. The average molecular weight is 901 g/mol. The van der Waals surface area contributed by atoms with Crippen LogP contribution >= 0.6 is 0 Å². The summed E-state index contributed by atoms with van der Waals surface area (Å²) in [5.41, 5.74) is -0.164. The summed E-state index contributed by atoms with van der Waals surface area (Å²) in [5.74, 6) is -0.00243. The lowest BCUT2D eigenvalue weighted by Gasteiger charge is -2.64. The predicted octanol–water partition coefficient (Wildman–Crippen LogP) is -0.671. The molecule has 0 aromatic heterocycles. The summed E-state index contributed by atoms with van der Waals surface area (Å²) in [4.78, 5) is 24.6. The number of esters is 2. The summed E-state index contributed by atoms with van der Waals surface area (Å²) in [6.45, 7) is 6.62. The normalized spacial score (nSPS) is 52.3. The van der Waals surface area contributed by atoms with Crippen LogP contribution in [0.2, 0.25) is 0 Å². The number of hydrogen-bond donors (Lipinski definition) is 8. The molecule has 19 heteroatoms. The molecule has 4 heterocycles. The molecule has 3 saturated heterocycles. The highest BCUT2D eigenvalue weighted by molar-refractivity contribution is 5.85. The van der Waals surface area contributed by atoms with Crippen molar-refractivity contribution in [3.63, 3.8) is 0 Å². The average Bonchev–Trinajstić information content (AvgIpc) is 3.80. The molecule has 358 valence electrons. The molecule has 19 nitrogen and oxygen atoms in total. The van der Waals surface area contributed by atoms with Crippen LogP contribution in [0.1, 0.15) is 85.5 Å². The minimum absolute atomic E-state index is 0.0235. The highest BCUT2D eigenvalue weighted by Gasteiger charge is 2.68. The van der Waals surface area contributed by atoms with Crippen molar-refractivity contribution in [3.05, 3.63) is 11.6 Å². The molecule has 0 aromatic rings. The Bertz CT molecular complexity index is 1680. The number of rotatable bonds is 11. The fraction of sp³-hybridized carbons (Fsp3) is 0.909. The molecule has 0 amide bonds. The predicted molar refractivity (Wildman–Crippen MR) is 213 cm³/mol. The van der Waals surface area contributed by atoms with E-state index in [1.807, 2.05) is 0 Å². The zero-order valence-corrected chi connectivity index (χ0v) is 36.7. The number of ether oxygens (including phenoxy) is 9. The lowest BCUT2D eigenvalue weighted by atomic mass is 9.43. The Hall–Kier alpha value is -1.92. The highest BCUT2D eigenvalue weighted by atomic mass is 16.8. The molecular weight excluding hydrogens is 832 g/mol. The van der Waals surface area contributed by atoms with Gasteiger partial charge in [-0.05, 0) is 99.4 Å². The van der Waals surface area contributed by atoms with Crippen LogP contribution in [0.4, 0.5) is 0 Å². The third kappa shape index (κ3) is 8.32. The molecular formula is C44H68O19. The van der Waals surface area contributed by atoms with Crippen molar-refractivity contribution in [2.24, 2.45) is 34.5 Å². The number of carbonyl (C=O) groups excluding carboxylic acids is 2. The van der Waals surface area contributed by atoms with E-state index in [-0.39, 0.29) is 34.7 Å². The van der Waals surface area contributed by atoms with Gasteiger partial charge in [0.15, 0.2) is 25.0 Å². The van der Waals surface area contributed by atoms with Gasteiger partial charge >= 0.3 is 11.9 Å². The topological polar surface area (TPSA) is 279 Å². The monoisotopic (exact) mass is 900 g/mol. The number of aliphatic hydroxyl groups excluding tert-OH is 7. The quantitative estimate of drug-likeness (QED) is 0.0943. The van der Waals surface area contributed by atoms with Gasteiger partial charge in [-0.2, -0.15) is 0 Å². The SMILES string of the molecule is CO[C@@H]1[C@H](OC(C)=O)[C@@H](O[C@H]2CC[C@@]3(C)[C@H](CC[C@H]4[C@H]3CC[C@]3(C)[C@@H](C5=CC(=O)OC5)CC[C@]43O)C2)O[C@@H](C)[C@@H]1O[C@@H]1O[C@@H](CO[C@@H]2O[C@@H](CO)[C@@H](O)[C@H](O)[C@@H]2O)[C@@H](O)[C@H](O)[C@@H]1O. The Balaban J connectivity index is 0.915. The number of cyclic esters (lactones) is 1. The van der Waals surface area contributed by atoms with Crippen LogP contribution in [-0.2, 0) is 52.2 Å². The van der Waals surface area contributed by atoms with Gasteiger partial charge in [0.1, 0.15) is 67.6 Å². The zero-order valence-electron chi connectivity index (χ0n) is 36.7. The van der Waals surface area contributed by atoms with E-state index in [2.05, 4.69) is 13.8 Å². The summed E-state index contributed by atoms with van der Waals surface area (Å²) in [6, 6.07) is 0. The Labute approximate surface area is 366 Å². The summed E-state index contributed by atoms with van der Waals surface area (Å²) in [6.07, 6.45) is -12.2. The fourth-order valence-corrected chi connectivity index (χ4v) is 13.3. The van der Waals surface area contributed by atoms with Crippen LogP contribution in [0.25, 0.3) is 0 Å². The maximum absolute atomic E-state index is 12.7. The van der Waals surface area contributed by atoms with Crippen LogP contribution < -0.4 is 0 Å². The van der Waals surface area contributed by atoms with E-state index in [0.29, 0.717) is 31.3 Å². The van der Waals surface area contributed by atoms with Crippen LogP contribution in [0.15, 0.2) is 11.6 Å². The fourth-order valence-electron chi connectivity index (χ4n) is 13.3. The van der Waals surface area contributed by atoms with Gasteiger partial charge < -0.3 is 83.5 Å². The molecule has 8 N–H and O–H groups in total. The van der Waals surface area contributed by atoms with Gasteiger partial charge in [-0.25, -0.2) is 4.79 Å². The van der Waals surface area contributed by atoms with Gasteiger partial charge in [-0.15, -0.1) is 0 Å². The summed E-state index contributed by atoms with van der Waals surface area (Å²) in [7, 11) is 1.40. The van der Waals surface area contributed by atoms with Crippen molar-refractivity contribution in [2.45, 2.75) is 189 Å². The maximum atomic E-state index is 12.7. The Kier molecular flexibility index (Phi) is 13.8. The first kappa shape index (κ1) is 47.6. The van der Waals surface area contributed by atoms with E-state index >= 15 is 0 Å². The first-order chi connectivity index (χ1) is 29.8. The van der Waals surface area contributed by atoms with Crippen molar-refractivity contribution in [1.82, 2.24) is 0 Å². The van der Waals surface area contributed by atoms with Crippen LogP contribution in [0.3, 0.4) is 0 Å². The molecule has 4 aliphatic heterocycles. The second kappa shape index (κ2) is 18.3. The molecule has 7 fully saturated rings. The number of aliphatic hydroxyl groups is 8. The lowest BCUT2D eigenvalue weighted by molar-refractivity contribution is -0.367. The van der Waals surface area contributed by atoms with E-state index in [9.17, 15) is 50.4 Å². The molecule has 8 aliphatic rings. The van der Waals surface area contributed by atoms with Crippen molar-refractivity contribution < 1.29 is 93.1 Å². The Morgan fingerprint density at radius 1 is 0.778 bits per heavy atom. The smallest absolute Gasteiger partial charge is 0.331 e. The molecule has 0 bridgehead atoms. The van der Waals surface area contributed by atoms with Crippen LogP contribution in [0.5, 0.6) is 0 Å². The number of fused-ring (bicyclic) bond motifs is 5. The van der Waals surface area contributed by atoms with Crippen LogP contribution in [-0.4, -0.2) is 184 Å². The molecule has 0 unspecified atom stereocenters. The largest absolute Gasteiger partial charge is 0.458 e. The van der Waals surface area contributed by atoms with Crippen LogP contribution in [0, 0.1) is 34.5 Å². The van der Waals surface area contributed by atoms with E-state index in [0.717, 1.165) is 50.5 Å². The van der Waals surface area contributed by atoms with Crippen molar-refractivity contribution in [3.8, 4) is 0 Å². The molecule has 23 atom stereocenters. The highest BCUT2D eigenvalue weighted by Crippen LogP contribution is 2.70. The molecule has 0 spiro atoms. The van der Waals surface area contributed by atoms with E-state index < -0.39 is 117 Å². The van der Waals surface area contributed by atoms with Gasteiger partial charge in [0, 0.05) is 25.5 Å². The second-order valence-corrected chi connectivity index (χ2v) is 20.0. The minimum atomic E-state index is -1.80.